The van der Waals surface area contributed by atoms with E-state index in [-0.39, 0.29) is 4.90 Å². The van der Waals surface area contributed by atoms with Gasteiger partial charge in [-0.2, -0.15) is 0 Å². The fourth-order valence-corrected chi connectivity index (χ4v) is 4.22. The molecule has 0 aliphatic heterocycles. The van der Waals surface area contributed by atoms with Crippen LogP contribution in [0.2, 0.25) is 5.02 Å². The van der Waals surface area contributed by atoms with Crippen molar-refractivity contribution in [1.29, 1.82) is 0 Å². The van der Waals surface area contributed by atoms with Crippen LogP contribution in [0.4, 0.5) is 5.69 Å². The minimum atomic E-state index is -3.97. The van der Waals surface area contributed by atoms with Crippen LogP contribution in [0.5, 0.6) is 0 Å². The minimum Gasteiger partial charge on any atom is -0.468 e. The number of aryl methyl sites for hydroxylation is 1. The predicted octanol–water partition coefficient (Wildman–Crippen LogP) is 3.20. The van der Waals surface area contributed by atoms with Crippen LogP contribution in [-0.2, 0) is 26.6 Å². The van der Waals surface area contributed by atoms with Crippen molar-refractivity contribution >= 4 is 44.2 Å². The summed E-state index contributed by atoms with van der Waals surface area (Å²) < 4.78 is 34.0. The fraction of sp³-hybridized carbons (Fsp3) is 0.167. The summed E-state index contributed by atoms with van der Waals surface area (Å²) in [5.74, 6) is -0.663. The third kappa shape index (κ3) is 3.40. The molecule has 0 saturated heterocycles. The van der Waals surface area contributed by atoms with Gasteiger partial charge in [-0.3, -0.25) is 9.10 Å². The van der Waals surface area contributed by atoms with Crippen molar-refractivity contribution in [2.45, 2.75) is 4.90 Å². The van der Waals surface area contributed by atoms with Gasteiger partial charge in [0.25, 0.3) is 10.0 Å². The Labute approximate surface area is 156 Å². The van der Waals surface area contributed by atoms with Crippen LogP contribution >= 0.6 is 11.6 Å². The lowest BCUT2D eigenvalue weighted by Crippen LogP contribution is -2.36. The molecule has 0 aliphatic rings. The van der Waals surface area contributed by atoms with Gasteiger partial charge >= 0.3 is 5.97 Å². The average molecular weight is 393 g/mol. The zero-order chi connectivity index (χ0) is 18.9. The summed E-state index contributed by atoms with van der Waals surface area (Å²) in [6.07, 6.45) is 1.85. The Kier molecular flexibility index (Phi) is 4.93. The fourth-order valence-electron chi connectivity index (χ4n) is 2.65. The predicted molar refractivity (Wildman–Crippen MR) is 101 cm³/mol. The summed E-state index contributed by atoms with van der Waals surface area (Å²) in [5.41, 5.74) is 1.24. The highest BCUT2D eigenvalue weighted by molar-refractivity contribution is 7.92. The topological polar surface area (TPSA) is 68.6 Å². The quantitative estimate of drug-likeness (QED) is 0.625. The SMILES string of the molecule is COC(=O)CN(c1ccc(Cl)cc1)S(=O)(=O)c1ccc2c(ccn2C)c1. The van der Waals surface area contributed by atoms with Crippen LogP contribution in [0.15, 0.2) is 59.6 Å². The normalized spacial score (nSPS) is 11.5. The van der Waals surface area contributed by atoms with E-state index in [1.165, 1.54) is 13.2 Å². The number of fused-ring (bicyclic) bond motifs is 1. The number of methoxy groups -OCH3 is 1. The first-order valence-corrected chi connectivity index (χ1v) is 9.55. The molecule has 0 fully saturated rings. The van der Waals surface area contributed by atoms with Crippen LogP contribution in [-0.4, -0.2) is 32.6 Å². The summed E-state index contributed by atoms with van der Waals surface area (Å²) in [6.45, 7) is -0.437. The standard InChI is InChI=1S/C18H17ClN2O4S/c1-20-10-9-13-11-16(7-8-17(13)20)26(23,24)21(12-18(22)25-2)15-5-3-14(19)4-6-15/h3-11H,12H2,1-2H3. The number of carbonyl (C=O) groups excluding carboxylic acids is 1. The molecule has 26 heavy (non-hydrogen) atoms. The molecule has 0 spiro atoms. The zero-order valence-electron chi connectivity index (χ0n) is 14.2. The van der Waals surface area contributed by atoms with E-state index in [1.807, 2.05) is 23.9 Å². The monoisotopic (exact) mass is 392 g/mol. The minimum absolute atomic E-state index is 0.0926. The van der Waals surface area contributed by atoms with Crippen molar-refractivity contribution in [3.05, 3.63) is 59.8 Å². The molecular formula is C18H17ClN2O4S. The molecular weight excluding hydrogens is 376 g/mol. The van der Waals surface area contributed by atoms with Crippen molar-refractivity contribution in [2.75, 3.05) is 18.0 Å². The van der Waals surface area contributed by atoms with E-state index in [0.29, 0.717) is 10.7 Å². The highest BCUT2D eigenvalue weighted by Crippen LogP contribution is 2.27. The Bertz CT molecular complexity index is 1060. The highest BCUT2D eigenvalue weighted by atomic mass is 35.5. The van der Waals surface area contributed by atoms with E-state index in [9.17, 15) is 13.2 Å². The van der Waals surface area contributed by atoms with E-state index in [4.69, 9.17) is 11.6 Å². The van der Waals surface area contributed by atoms with Crippen LogP contribution in [0.3, 0.4) is 0 Å². The number of nitrogens with zero attached hydrogens (tertiary/aromatic N) is 2. The first-order chi connectivity index (χ1) is 12.3. The van der Waals surface area contributed by atoms with E-state index in [1.54, 1.807) is 36.4 Å². The number of rotatable bonds is 5. The van der Waals surface area contributed by atoms with Gasteiger partial charge in [0.15, 0.2) is 0 Å². The van der Waals surface area contributed by atoms with Gasteiger partial charge in [-0.05, 0) is 48.5 Å². The molecule has 0 bridgehead atoms. The number of carbonyl (C=O) groups is 1. The maximum absolute atomic E-state index is 13.2. The molecule has 0 amide bonds. The lowest BCUT2D eigenvalue weighted by molar-refractivity contribution is -0.138. The molecule has 3 aromatic rings. The molecule has 1 heterocycles. The van der Waals surface area contributed by atoms with Crippen molar-refractivity contribution in [3.8, 4) is 0 Å². The molecule has 6 nitrogen and oxygen atoms in total. The van der Waals surface area contributed by atoms with Gasteiger partial charge in [0.1, 0.15) is 6.54 Å². The first kappa shape index (κ1) is 18.3. The van der Waals surface area contributed by atoms with Gasteiger partial charge in [0, 0.05) is 29.2 Å². The van der Waals surface area contributed by atoms with Crippen molar-refractivity contribution in [1.82, 2.24) is 4.57 Å². The number of sulfonamides is 1. The molecule has 0 unspecified atom stereocenters. The van der Waals surface area contributed by atoms with E-state index >= 15 is 0 Å². The second-order valence-electron chi connectivity index (χ2n) is 5.71. The second-order valence-corrected chi connectivity index (χ2v) is 8.01. The van der Waals surface area contributed by atoms with Crippen LogP contribution in [0.25, 0.3) is 10.9 Å². The second kappa shape index (κ2) is 7.01. The summed E-state index contributed by atoms with van der Waals surface area (Å²) in [7, 11) is -0.878. The molecule has 0 atom stereocenters. The number of halogens is 1. The lowest BCUT2D eigenvalue weighted by Gasteiger charge is -2.23. The Morgan fingerprint density at radius 1 is 1.15 bits per heavy atom. The van der Waals surface area contributed by atoms with E-state index < -0.39 is 22.5 Å². The van der Waals surface area contributed by atoms with Gasteiger partial charge < -0.3 is 9.30 Å². The van der Waals surface area contributed by atoms with Crippen LogP contribution < -0.4 is 4.31 Å². The maximum atomic E-state index is 13.2. The zero-order valence-corrected chi connectivity index (χ0v) is 15.8. The van der Waals surface area contributed by atoms with Gasteiger partial charge in [-0.25, -0.2) is 8.42 Å². The van der Waals surface area contributed by atoms with E-state index in [2.05, 4.69) is 4.74 Å². The molecule has 1 aromatic heterocycles. The van der Waals surface area contributed by atoms with Crippen molar-refractivity contribution in [3.63, 3.8) is 0 Å². The molecule has 136 valence electrons. The number of ether oxygens (including phenoxy) is 1. The Hall–Kier alpha value is -2.51. The van der Waals surface area contributed by atoms with E-state index in [0.717, 1.165) is 15.2 Å². The molecule has 0 radical (unpaired) electrons. The van der Waals surface area contributed by atoms with Crippen molar-refractivity contribution in [2.24, 2.45) is 7.05 Å². The number of hydrogen-bond donors (Lipinski definition) is 0. The molecule has 0 aliphatic carbocycles. The summed E-state index contributed by atoms with van der Waals surface area (Å²) in [4.78, 5) is 11.9. The highest BCUT2D eigenvalue weighted by Gasteiger charge is 2.28. The Morgan fingerprint density at radius 2 is 1.85 bits per heavy atom. The average Bonchev–Trinajstić information content (AvgIpc) is 3.00. The largest absolute Gasteiger partial charge is 0.468 e. The third-order valence-electron chi connectivity index (χ3n) is 4.06. The number of esters is 1. The summed E-state index contributed by atoms with van der Waals surface area (Å²) >= 11 is 5.89. The smallest absolute Gasteiger partial charge is 0.326 e. The number of hydrogen-bond acceptors (Lipinski definition) is 4. The maximum Gasteiger partial charge on any atom is 0.326 e. The van der Waals surface area contributed by atoms with Gasteiger partial charge in [-0.1, -0.05) is 11.6 Å². The number of anilines is 1. The van der Waals surface area contributed by atoms with Crippen molar-refractivity contribution < 1.29 is 17.9 Å². The van der Waals surface area contributed by atoms with Crippen LogP contribution in [0, 0.1) is 0 Å². The lowest BCUT2D eigenvalue weighted by atomic mass is 10.2. The molecule has 3 rings (SSSR count). The molecule has 2 aromatic carbocycles. The summed E-state index contributed by atoms with van der Waals surface area (Å²) in [6, 6.07) is 12.9. The van der Waals surface area contributed by atoms with Gasteiger partial charge in [0.2, 0.25) is 0 Å². The number of aromatic nitrogens is 1. The summed E-state index contributed by atoms with van der Waals surface area (Å²) in [5, 5.41) is 1.26. The van der Waals surface area contributed by atoms with Gasteiger partial charge in [-0.15, -0.1) is 0 Å². The Morgan fingerprint density at radius 3 is 2.50 bits per heavy atom. The molecule has 8 heteroatoms. The Balaban J connectivity index is 2.09. The number of benzene rings is 2. The van der Waals surface area contributed by atoms with Gasteiger partial charge in [0.05, 0.1) is 17.7 Å². The molecule has 0 saturated carbocycles. The molecule has 0 N–H and O–H groups in total. The third-order valence-corrected chi connectivity index (χ3v) is 6.08. The first-order valence-electron chi connectivity index (χ1n) is 7.73. The van der Waals surface area contributed by atoms with Crippen LogP contribution in [0.1, 0.15) is 0 Å².